The Labute approximate surface area is 99.1 Å². The van der Waals surface area contributed by atoms with Crippen LogP contribution in [0.1, 0.15) is 23.2 Å². The molecular formula is C12H15NO4. The lowest BCUT2D eigenvalue weighted by Gasteiger charge is -2.10. The Morgan fingerprint density at radius 2 is 2.24 bits per heavy atom. The quantitative estimate of drug-likeness (QED) is 0.447. The van der Waals surface area contributed by atoms with Crippen molar-refractivity contribution in [3.8, 4) is 5.75 Å². The fourth-order valence-electron chi connectivity index (χ4n) is 1.44. The zero-order valence-corrected chi connectivity index (χ0v) is 9.39. The molecule has 2 rings (SSSR count). The highest BCUT2D eigenvalue weighted by molar-refractivity contribution is 5.91. The van der Waals surface area contributed by atoms with E-state index in [1.807, 2.05) is 0 Å². The second-order valence-corrected chi connectivity index (χ2v) is 4.14. The number of benzene rings is 1. The van der Waals surface area contributed by atoms with E-state index < -0.39 is 5.97 Å². The minimum Gasteiger partial charge on any atom is -0.478 e. The second kappa shape index (κ2) is 5.05. The molecule has 5 heteroatoms. The van der Waals surface area contributed by atoms with Crippen LogP contribution in [0.2, 0.25) is 0 Å². The fraction of sp³-hybridized carbons (Fsp3) is 0.417. The molecule has 0 saturated heterocycles. The van der Waals surface area contributed by atoms with Crippen molar-refractivity contribution in [1.29, 1.82) is 0 Å². The maximum atomic E-state index is 10.9. The molecule has 92 valence electrons. The number of nitrogen functional groups attached to an aromatic ring is 1. The average Bonchev–Trinajstić information content (AvgIpc) is 3.08. The van der Waals surface area contributed by atoms with Gasteiger partial charge in [0.05, 0.1) is 6.61 Å². The van der Waals surface area contributed by atoms with E-state index >= 15 is 0 Å². The van der Waals surface area contributed by atoms with Gasteiger partial charge in [0.2, 0.25) is 0 Å². The first kappa shape index (κ1) is 11.7. The number of hydrogen-bond acceptors (Lipinski definition) is 4. The van der Waals surface area contributed by atoms with Crippen LogP contribution in [-0.2, 0) is 4.74 Å². The fourth-order valence-corrected chi connectivity index (χ4v) is 1.44. The standard InChI is InChI=1S/C12H15NO4/c13-9-3-4-10(12(14)15)11(5-9)17-7-16-6-8-1-2-8/h3-5,8H,1-2,6-7,13H2,(H,14,15). The van der Waals surface area contributed by atoms with E-state index in [0.717, 1.165) is 0 Å². The Balaban J connectivity index is 1.92. The SMILES string of the molecule is Nc1ccc(C(=O)O)c(OCOCC2CC2)c1. The number of hydrogen-bond donors (Lipinski definition) is 2. The molecule has 0 radical (unpaired) electrons. The Kier molecular flexibility index (Phi) is 3.49. The summed E-state index contributed by atoms with van der Waals surface area (Å²) < 4.78 is 10.6. The van der Waals surface area contributed by atoms with Gasteiger partial charge in [0.1, 0.15) is 11.3 Å². The molecule has 1 saturated carbocycles. The Morgan fingerprint density at radius 1 is 1.47 bits per heavy atom. The molecule has 1 aromatic rings. The van der Waals surface area contributed by atoms with Crippen LogP contribution in [0.5, 0.6) is 5.75 Å². The maximum Gasteiger partial charge on any atom is 0.339 e. The van der Waals surface area contributed by atoms with Crippen molar-refractivity contribution in [2.75, 3.05) is 19.1 Å². The van der Waals surface area contributed by atoms with Crippen LogP contribution < -0.4 is 10.5 Å². The summed E-state index contributed by atoms with van der Waals surface area (Å²) in [6, 6.07) is 4.44. The van der Waals surface area contributed by atoms with Crippen LogP contribution >= 0.6 is 0 Å². The minimum atomic E-state index is -1.04. The van der Waals surface area contributed by atoms with Crippen LogP contribution in [0.25, 0.3) is 0 Å². The van der Waals surface area contributed by atoms with E-state index in [0.29, 0.717) is 18.2 Å². The van der Waals surface area contributed by atoms with Crippen LogP contribution in [0, 0.1) is 5.92 Å². The van der Waals surface area contributed by atoms with Gasteiger partial charge >= 0.3 is 5.97 Å². The topological polar surface area (TPSA) is 81.8 Å². The number of aromatic carboxylic acids is 1. The molecule has 1 aromatic carbocycles. The number of carbonyl (C=O) groups is 1. The van der Waals surface area contributed by atoms with Gasteiger partial charge in [0.25, 0.3) is 0 Å². The highest BCUT2D eigenvalue weighted by Crippen LogP contribution is 2.29. The van der Waals surface area contributed by atoms with Gasteiger partial charge in [0, 0.05) is 11.8 Å². The summed E-state index contributed by atoms with van der Waals surface area (Å²) in [7, 11) is 0. The highest BCUT2D eigenvalue weighted by atomic mass is 16.7. The predicted octanol–water partition coefficient (Wildman–Crippen LogP) is 1.73. The van der Waals surface area contributed by atoms with Crippen molar-refractivity contribution in [1.82, 2.24) is 0 Å². The molecule has 0 aliphatic heterocycles. The highest BCUT2D eigenvalue weighted by Gasteiger charge is 2.21. The summed E-state index contributed by atoms with van der Waals surface area (Å²) in [6.07, 6.45) is 2.41. The lowest BCUT2D eigenvalue weighted by molar-refractivity contribution is 0.00923. The third-order valence-corrected chi connectivity index (χ3v) is 2.58. The minimum absolute atomic E-state index is 0.0558. The Hall–Kier alpha value is -1.75. The van der Waals surface area contributed by atoms with Crippen LogP contribution in [0.15, 0.2) is 18.2 Å². The van der Waals surface area contributed by atoms with E-state index in [1.54, 1.807) is 0 Å². The van der Waals surface area contributed by atoms with Crippen molar-refractivity contribution in [2.24, 2.45) is 5.92 Å². The van der Waals surface area contributed by atoms with E-state index in [2.05, 4.69) is 0 Å². The van der Waals surface area contributed by atoms with Gasteiger partial charge in [-0.2, -0.15) is 0 Å². The van der Waals surface area contributed by atoms with Crippen LogP contribution in [0.3, 0.4) is 0 Å². The lowest BCUT2D eigenvalue weighted by atomic mass is 10.2. The number of rotatable bonds is 6. The monoisotopic (exact) mass is 237 g/mol. The molecule has 5 nitrogen and oxygen atoms in total. The van der Waals surface area contributed by atoms with E-state index in [4.69, 9.17) is 20.3 Å². The summed E-state index contributed by atoms with van der Waals surface area (Å²) in [5, 5.41) is 8.95. The summed E-state index contributed by atoms with van der Waals surface area (Å²) in [5.41, 5.74) is 6.13. The third-order valence-electron chi connectivity index (χ3n) is 2.58. The first-order valence-electron chi connectivity index (χ1n) is 5.50. The van der Waals surface area contributed by atoms with Gasteiger partial charge in [-0.3, -0.25) is 0 Å². The smallest absolute Gasteiger partial charge is 0.339 e. The Morgan fingerprint density at radius 3 is 2.88 bits per heavy atom. The third kappa shape index (κ3) is 3.35. The van der Waals surface area contributed by atoms with Crippen molar-refractivity contribution in [2.45, 2.75) is 12.8 Å². The summed E-state index contributed by atoms with van der Waals surface area (Å²) in [5.74, 6) is -0.145. The molecular weight excluding hydrogens is 222 g/mol. The van der Waals surface area contributed by atoms with Crippen molar-refractivity contribution in [3.05, 3.63) is 23.8 Å². The zero-order chi connectivity index (χ0) is 12.3. The molecule has 0 unspecified atom stereocenters. The van der Waals surface area contributed by atoms with Crippen molar-refractivity contribution >= 4 is 11.7 Å². The molecule has 0 aromatic heterocycles. The van der Waals surface area contributed by atoms with Gasteiger partial charge < -0.3 is 20.3 Å². The predicted molar refractivity (Wildman–Crippen MR) is 62.0 cm³/mol. The van der Waals surface area contributed by atoms with Gasteiger partial charge in [-0.25, -0.2) is 4.79 Å². The second-order valence-electron chi connectivity index (χ2n) is 4.14. The molecule has 17 heavy (non-hydrogen) atoms. The summed E-state index contributed by atoms with van der Waals surface area (Å²) >= 11 is 0. The van der Waals surface area contributed by atoms with E-state index in [-0.39, 0.29) is 18.1 Å². The summed E-state index contributed by atoms with van der Waals surface area (Å²) in [4.78, 5) is 10.9. The van der Waals surface area contributed by atoms with E-state index in [9.17, 15) is 4.79 Å². The molecule has 1 aliphatic rings. The number of carboxylic acid groups (broad SMARTS) is 1. The Bertz CT molecular complexity index is 415. The molecule has 0 spiro atoms. The normalized spacial score (nSPS) is 14.6. The van der Waals surface area contributed by atoms with Gasteiger partial charge in [-0.15, -0.1) is 0 Å². The molecule has 3 N–H and O–H groups in total. The number of carboxylic acids is 1. The number of nitrogens with two attached hydrogens (primary N) is 1. The average molecular weight is 237 g/mol. The van der Waals surface area contributed by atoms with Gasteiger partial charge in [-0.05, 0) is 30.9 Å². The largest absolute Gasteiger partial charge is 0.478 e. The van der Waals surface area contributed by atoms with Gasteiger partial charge in [0.15, 0.2) is 6.79 Å². The summed E-state index contributed by atoms with van der Waals surface area (Å²) in [6.45, 7) is 0.727. The molecule has 0 atom stereocenters. The lowest BCUT2D eigenvalue weighted by Crippen LogP contribution is -2.09. The molecule has 1 fully saturated rings. The molecule has 0 bridgehead atoms. The van der Waals surface area contributed by atoms with Crippen molar-refractivity contribution in [3.63, 3.8) is 0 Å². The van der Waals surface area contributed by atoms with Gasteiger partial charge in [-0.1, -0.05) is 0 Å². The van der Waals surface area contributed by atoms with Crippen LogP contribution in [-0.4, -0.2) is 24.5 Å². The maximum absolute atomic E-state index is 10.9. The first-order valence-corrected chi connectivity index (χ1v) is 5.50. The van der Waals surface area contributed by atoms with Crippen LogP contribution in [0.4, 0.5) is 5.69 Å². The molecule has 0 amide bonds. The van der Waals surface area contributed by atoms with Crippen molar-refractivity contribution < 1.29 is 19.4 Å². The van der Waals surface area contributed by atoms with E-state index in [1.165, 1.54) is 31.0 Å². The molecule has 1 aliphatic carbocycles. The number of ether oxygens (including phenoxy) is 2. The number of anilines is 1. The molecule has 0 heterocycles. The first-order chi connectivity index (χ1) is 8.16. The zero-order valence-electron chi connectivity index (χ0n) is 9.39.